The van der Waals surface area contributed by atoms with Gasteiger partial charge in [-0.1, -0.05) is 54.9 Å². The number of piperidine rings is 1. The number of anilines is 2. The lowest BCUT2D eigenvalue weighted by Gasteiger charge is -2.39. The largest absolute Gasteiger partial charge is 0.483 e. The minimum Gasteiger partial charge on any atom is -0.483 e. The van der Waals surface area contributed by atoms with Crippen molar-refractivity contribution in [3.8, 4) is 5.75 Å². The molecule has 1 N–H and O–H groups in total. The highest BCUT2D eigenvalue weighted by Gasteiger charge is 2.49. The number of fused-ring (bicyclic) bond motifs is 3. The normalized spacial score (nSPS) is 17.3. The van der Waals surface area contributed by atoms with Crippen molar-refractivity contribution in [1.29, 1.82) is 0 Å². The van der Waals surface area contributed by atoms with Crippen molar-refractivity contribution in [2.75, 3.05) is 49.6 Å². The van der Waals surface area contributed by atoms with Crippen molar-refractivity contribution < 1.29 is 32.2 Å². The Labute approximate surface area is 354 Å². The summed E-state index contributed by atoms with van der Waals surface area (Å²) in [5.41, 5.74) is 1.07. The number of hydrogen-bond donors (Lipinski definition) is 1. The standard InChI is InChI=1S/C43H45ClF3N9O5/c1-4-53(5-2)38-36(61-24-27-9-7-6-8-10-27)34(48-25-49-38)40(59)54-17-15-42(16-18-54)22-26(3)35-33(42)39(58)56-41(51-37(52-56)28-13-19-60-20-14-28)55(35)23-32(57)50-31-12-11-29(21-30(31)44)43(45,46)47/h6-13,21,25-26H,4-5,14-20,22-24H2,1-3H3,(H,50,57). The molecule has 5 heterocycles. The van der Waals surface area contributed by atoms with Gasteiger partial charge in [0.2, 0.25) is 11.7 Å². The molecule has 0 radical (unpaired) electrons. The summed E-state index contributed by atoms with van der Waals surface area (Å²) in [5.74, 6) is 0.232. The molecule has 8 rings (SSSR count). The van der Waals surface area contributed by atoms with Gasteiger partial charge in [-0.25, -0.2) is 9.97 Å². The van der Waals surface area contributed by atoms with Gasteiger partial charge in [0.05, 0.1) is 29.5 Å². The van der Waals surface area contributed by atoms with E-state index in [0.29, 0.717) is 93.7 Å². The Morgan fingerprint density at radius 3 is 2.51 bits per heavy atom. The van der Waals surface area contributed by atoms with Crippen molar-refractivity contribution in [3.05, 3.63) is 110 Å². The lowest BCUT2D eigenvalue weighted by Crippen LogP contribution is -2.47. The van der Waals surface area contributed by atoms with Crippen LogP contribution in [0.2, 0.25) is 5.02 Å². The number of carbonyl (C=O) groups is 2. The Balaban J connectivity index is 1.12. The van der Waals surface area contributed by atoms with E-state index in [2.05, 4.69) is 20.4 Å². The van der Waals surface area contributed by atoms with Crippen LogP contribution in [0.3, 0.4) is 0 Å². The molecular formula is C43H45ClF3N9O5. The van der Waals surface area contributed by atoms with Crippen molar-refractivity contribution in [2.45, 2.75) is 77.1 Å². The zero-order valence-electron chi connectivity index (χ0n) is 34.0. The fourth-order valence-corrected chi connectivity index (χ4v) is 9.11. The smallest absolute Gasteiger partial charge is 0.416 e. The van der Waals surface area contributed by atoms with Crippen molar-refractivity contribution in [1.82, 2.24) is 34.0 Å². The molecule has 2 amide bonds. The summed E-state index contributed by atoms with van der Waals surface area (Å²) in [6, 6.07) is 12.4. The molecule has 14 nitrogen and oxygen atoms in total. The molecule has 3 aliphatic rings. The summed E-state index contributed by atoms with van der Waals surface area (Å²) in [5, 5.41) is 7.05. The molecule has 1 saturated heterocycles. The molecule has 0 bridgehead atoms. The topological polar surface area (TPSA) is 149 Å². The SMILES string of the molecule is CCN(CC)c1ncnc(C(=O)N2CCC3(CC2)CC(C)c2c3c(=O)n3nc(C4=CCOCC4)nc3n2CC(=O)Nc2ccc(C(F)(F)F)cc2Cl)c1OCc1ccccc1. The number of alkyl halides is 3. The summed E-state index contributed by atoms with van der Waals surface area (Å²) in [7, 11) is 0. The molecule has 2 aliphatic heterocycles. The van der Waals surface area contributed by atoms with Crippen LogP contribution in [0.4, 0.5) is 24.7 Å². The fraction of sp³-hybridized carbons (Fsp3) is 0.419. The van der Waals surface area contributed by atoms with Crippen LogP contribution < -0.4 is 20.5 Å². The first-order chi connectivity index (χ1) is 29.3. The van der Waals surface area contributed by atoms with Crippen LogP contribution in [0.1, 0.15) is 91.1 Å². The van der Waals surface area contributed by atoms with Crippen molar-refractivity contribution in [3.63, 3.8) is 0 Å². The van der Waals surface area contributed by atoms with Crippen LogP contribution in [0.25, 0.3) is 11.4 Å². The number of nitrogens with one attached hydrogen (secondary N) is 1. The third-order valence-electron chi connectivity index (χ3n) is 11.9. The van der Waals surface area contributed by atoms with Gasteiger partial charge in [0.1, 0.15) is 19.5 Å². The molecule has 1 unspecified atom stereocenters. The lowest BCUT2D eigenvalue weighted by molar-refractivity contribution is -0.137. The molecule has 18 heteroatoms. The zero-order valence-corrected chi connectivity index (χ0v) is 34.7. The van der Waals surface area contributed by atoms with Gasteiger partial charge in [0, 0.05) is 42.9 Å². The number of halogens is 4. The number of aromatic nitrogens is 6. The number of amides is 2. The number of hydrogen-bond acceptors (Lipinski definition) is 10. The maximum atomic E-state index is 14.7. The van der Waals surface area contributed by atoms with Gasteiger partial charge >= 0.3 is 6.18 Å². The van der Waals surface area contributed by atoms with Gasteiger partial charge in [-0.2, -0.15) is 22.7 Å². The van der Waals surface area contributed by atoms with Crippen LogP contribution in [0, 0.1) is 0 Å². The summed E-state index contributed by atoms with van der Waals surface area (Å²) < 4.78 is 54.8. The first-order valence-electron chi connectivity index (χ1n) is 20.4. The van der Waals surface area contributed by atoms with Crippen LogP contribution in [-0.4, -0.2) is 85.2 Å². The van der Waals surface area contributed by atoms with Gasteiger partial charge in [-0.15, -0.1) is 5.10 Å². The number of nitrogens with zero attached hydrogens (tertiary/aromatic N) is 8. The second kappa shape index (κ2) is 16.9. The molecule has 1 atom stereocenters. The van der Waals surface area contributed by atoms with E-state index in [1.54, 1.807) is 9.47 Å². The highest BCUT2D eigenvalue weighted by molar-refractivity contribution is 6.33. The average Bonchev–Trinajstić information content (AvgIpc) is 3.83. The number of rotatable bonds is 11. The van der Waals surface area contributed by atoms with Crippen LogP contribution in [0.15, 0.2) is 65.7 Å². The highest BCUT2D eigenvalue weighted by atomic mass is 35.5. The molecule has 1 fully saturated rings. The van der Waals surface area contributed by atoms with Gasteiger partial charge < -0.3 is 29.2 Å². The van der Waals surface area contributed by atoms with Gasteiger partial charge in [0.15, 0.2) is 23.1 Å². The number of carbonyl (C=O) groups excluding carboxylic acids is 2. The van der Waals surface area contributed by atoms with Crippen LogP contribution in [0.5, 0.6) is 5.75 Å². The van der Waals surface area contributed by atoms with Crippen LogP contribution >= 0.6 is 11.6 Å². The Morgan fingerprint density at radius 2 is 1.84 bits per heavy atom. The monoisotopic (exact) mass is 859 g/mol. The van der Waals surface area contributed by atoms with E-state index >= 15 is 0 Å². The maximum absolute atomic E-state index is 14.7. The van der Waals surface area contributed by atoms with Crippen molar-refractivity contribution in [2.24, 2.45) is 0 Å². The van der Waals surface area contributed by atoms with E-state index in [1.807, 2.05) is 62.1 Å². The molecule has 5 aromatic rings. The predicted octanol–water partition coefficient (Wildman–Crippen LogP) is 6.90. The Morgan fingerprint density at radius 1 is 1.08 bits per heavy atom. The molecule has 3 aromatic heterocycles. The van der Waals surface area contributed by atoms with E-state index in [4.69, 9.17) is 26.1 Å². The predicted molar refractivity (Wildman–Crippen MR) is 222 cm³/mol. The number of likely N-dealkylation sites (tertiary alicyclic amines) is 1. The molecule has 1 aliphatic carbocycles. The van der Waals surface area contributed by atoms with Crippen molar-refractivity contribution >= 4 is 46.3 Å². The van der Waals surface area contributed by atoms with Gasteiger partial charge in [-0.3, -0.25) is 14.4 Å². The second-order valence-electron chi connectivity index (χ2n) is 15.6. The quantitative estimate of drug-likeness (QED) is 0.149. The number of ether oxygens (including phenoxy) is 2. The Hall–Kier alpha value is -5.81. The third-order valence-corrected chi connectivity index (χ3v) is 12.2. The van der Waals surface area contributed by atoms with Crippen LogP contribution in [-0.2, 0) is 34.3 Å². The maximum Gasteiger partial charge on any atom is 0.416 e. The molecule has 2 aromatic carbocycles. The Kier molecular flexibility index (Phi) is 11.6. The second-order valence-corrected chi connectivity index (χ2v) is 16.0. The first kappa shape index (κ1) is 41.9. The Bertz CT molecular complexity index is 2570. The minimum atomic E-state index is -4.61. The molecule has 0 saturated carbocycles. The highest BCUT2D eigenvalue weighted by Crippen LogP contribution is 2.51. The van der Waals surface area contributed by atoms with Gasteiger partial charge in [0.25, 0.3) is 11.5 Å². The molecule has 1 spiro atoms. The minimum absolute atomic E-state index is 0.00554. The summed E-state index contributed by atoms with van der Waals surface area (Å²) in [6.07, 6.45) is 0.625. The fourth-order valence-electron chi connectivity index (χ4n) is 8.89. The van der Waals surface area contributed by atoms with E-state index in [1.165, 1.54) is 10.8 Å². The van der Waals surface area contributed by atoms with E-state index in [9.17, 15) is 27.6 Å². The van der Waals surface area contributed by atoms with E-state index < -0.39 is 23.1 Å². The lowest BCUT2D eigenvalue weighted by atomic mass is 9.73. The molecule has 61 heavy (non-hydrogen) atoms. The molecular weight excluding hydrogens is 815 g/mol. The van der Waals surface area contributed by atoms with E-state index in [-0.39, 0.29) is 52.7 Å². The zero-order chi connectivity index (χ0) is 43.1. The third kappa shape index (κ3) is 8.08. The van der Waals surface area contributed by atoms with E-state index in [0.717, 1.165) is 29.3 Å². The first-order valence-corrected chi connectivity index (χ1v) is 20.7. The molecule has 320 valence electrons. The van der Waals surface area contributed by atoms with Gasteiger partial charge in [-0.05, 0) is 74.8 Å². The summed E-state index contributed by atoms with van der Waals surface area (Å²) in [6.45, 7) is 8.61. The summed E-state index contributed by atoms with van der Waals surface area (Å²) in [4.78, 5) is 60.5. The number of benzene rings is 2. The summed E-state index contributed by atoms with van der Waals surface area (Å²) >= 11 is 6.21. The average molecular weight is 860 g/mol.